The van der Waals surface area contributed by atoms with Crippen molar-refractivity contribution in [1.29, 1.82) is 0 Å². The quantitative estimate of drug-likeness (QED) is 0.813. The lowest BCUT2D eigenvalue weighted by Crippen LogP contribution is -2.19. The average molecular weight is 268 g/mol. The molecular formula is C12H11BrFN. The van der Waals surface area contributed by atoms with Gasteiger partial charge >= 0.3 is 0 Å². The molecule has 1 unspecified atom stereocenters. The predicted octanol–water partition coefficient (Wildman–Crippen LogP) is 2.80. The van der Waals surface area contributed by atoms with Crippen LogP contribution in [0, 0.1) is 18.2 Å². The minimum atomic E-state index is -0.113. The minimum Gasteiger partial charge on any atom is -0.299 e. The third-order valence-electron chi connectivity index (χ3n) is 2.73. The second kappa shape index (κ2) is 4.34. The molecule has 15 heavy (non-hydrogen) atoms. The summed E-state index contributed by atoms with van der Waals surface area (Å²) >= 11 is 3.46. The van der Waals surface area contributed by atoms with Crippen LogP contribution in [0.5, 0.6) is 0 Å². The monoisotopic (exact) mass is 267 g/mol. The zero-order valence-corrected chi connectivity index (χ0v) is 9.77. The summed E-state index contributed by atoms with van der Waals surface area (Å²) in [7, 11) is 0. The molecule has 2 rings (SSSR count). The Morgan fingerprint density at radius 2 is 2.40 bits per heavy atom. The van der Waals surface area contributed by atoms with E-state index in [0.29, 0.717) is 6.54 Å². The fraction of sp³-hybridized carbons (Fsp3) is 0.333. The lowest BCUT2D eigenvalue weighted by molar-refractivity contribution is 0.566. The van der Waals surface area contributed by atoms with Gasteiger partial charge in [0.15, 0.2) is 0 Å². The van der Waals surface area contributed by atoms with Crippen molar-refractivity contribution in [3.05, 3.63) is 33.5 Å². The van der Waals surface area contributed by atoms with Crippen molar-refractivity contribution in [2.75, 3.05) is 6.54 Å². The van der Waals surface area contributed by atoms with Gasteiger partial charge in [0.1, 0.15) is 5.82 Å². The average Bonchev–Trinajstić information content (AvgIpc) is 2.65. The molecule has 78 valence electrons. The third kappa shape index (κ3) is 1.92. The van der Waals surface area contributed by atoms with Crippen molar-refractivity contribution in [3.63, 3.8) is 0 Å². The summed E-state index contributed by atoms with van der Waals surface area (Å²) in [6.07, 6.45) is 6.89. The van der Waals surface area contributed by atoms with E-state index in [2.05, 4.69) is 27.2 Å². The van der Waals surface area contributed by atoms with Crippen molar-refractivity contribution >= 4 is 15.9 Å². The van der Waals surface area contributed by atoms with E-state index in [1.54, 1.807) is 6.07 Å². The first-order valence-electron chi connectivity index (χ1n) is 4.87. The Kier molecular flexibility index (Phi) is 3.08. The summed E-state index contributed by atoms with van der Waals surface area (Å²) in [5.74, 6) is 2.43. The molecule has 1 N–H and O–H groups in total. The van der Waals surface area contributed by atoms with Crippen LogP contribution in [-0.4, -0.2) is 6.54 Å². The van der Waals surface area contributed by atoms with Gasteiger partial charge in [-0.2, -0.15) is 0 Å². The van der Waals surface area contributed by atoms with Crippen molar-refractivity contribution in [2.45, 2.75) is 18.9 Å². The summed E-state index contributed by atoms with van der Waals surface area (Å²) in [6.45, 7) is 0.521. The molecule has 0 saturated heterocycles. The Balaban J connectivity index is 2.33. The third-order valence-corrected chi connectivity index (χ3v) is 3.42. The maximum Gasteiger partial charge on any atom is 0.126 e. The zero-order valence-electron chi connectivity index (χ0n) is 8.19. The minimum absolute atomic E-state index is 0.113. The fourth-order valence-electron chi connectivity index (χ4n) is 2.06. The zero-order chi connectivity index (χ0) is 10.8. The largest absolute Gasteiger partial charge is 0.299 e. The number of nitrogens with one attached hydrogen (secondary N) is 1. The Hall–Kier alpha value is -0.850. The van der Waals surface area contributed by atoms with Gasteiger partial charge in [-0.15, -0.1) is 6.42 Å². The topological polar surface area (TPSA) is 12.0 Å². The number of terminal acetylenes is 1. The van der Waals surface area contributed by atoms with Crippen molar-refractivity contribution in [1.82, 2.24) is 5.32 Å². The smallest absolute Gasteiger partial charge is 0.126 e. The van der Waals surface area contributed by atoms with Crippen LogP contribution < -0.4 is 5.32 Å². The van der Waals surface area contributed by atoms with E-state index in [1.807, 2.05) is 0 Å². The summed E-state index contributed by atoms with van der Waals surface area (Å²) in [5.41, 5.74) is 1.85. The summed E-state index contributed by atoms with van der Waals surface area (Å²) in [6, 6.07) is 3.44. The summed E-state index contributed by atoms with van der Waals surface area (Å²) in [4.78, 5) is 0. The van der Waals surface area contributed by atoms with Gasteiger partial charge in [0.2, 0.25) is 0 Å². The van der Waals surface area contributed by atoms with E-state index in [1.165, 1.54) is 6.07 Å². The van der Waals surface area contributed by atoms with Crippen LogP contribution >= 0.6 is 15.9 Å². The molecule has 1 atom stereocenters. The van der Waals surface area contributed by atoms with Gasteiger partial charge in [-0.3, -0.25) is 5.32 Å². The number of hydrogen-bond donors (Lipinski definition) is 1. The molecule has 1 aromatic carbocycles. The summed E-state index contributed by atoms with van der Waals surface area (Å²) in [5, 5.41) is 3.22. The molecule has 0 amide bonds. The second-order valence-electron chi connectivity index (χ2n) is 3.60. The molecule has 1 aromatic rings. The molecule has 1 aliphatic carbocycles. The van der Waals surface area contributed by atoms with Gasteiger partial charge in [0.05, 0.1) is 6.54 Å². The molecule has 0 radical (unpaired) electrons. The van der Waals surface area contributed by atoms with Crippen LogP contribution in [0.2, 0.25) is 0 Å². The number of rotatable bonds is 2. The highest BCUT2D eigenvalue weighted by Gasteiger charge is 2.26. The van der Waals surface area contributed by atoms with Gasteiger partial charge in [0, 0.05) is 10.5 Å². The van der Waals surface area contributed by atoms with Crippen LogP contribution in [-0.2, 0) is 6.42 Å². The maximum absolute atomic E-state index is 13.5. The maximum atomic E-state index is 13.5. The molecule has 0 heterocycles. The van der Waals surface area contributed by atoms with E-state index in [9.17, 15) is 4.39 Å². The lowest BCUT2D eigenvalue weighted by Gasteiger charge is -2.13. The van der Waals surface area contributed by atoms with Gasteiger partial charge in [0.25, 0.3) is 0 Å². The Morgan fingerprint density at radius 1 is 1.60 bits per heavy atom. The number of fused-ring (bicyclic) bond motifs is 1. The molecule has 0 saturated carbocycles. The van der Waals surface area contributed by atoms with Crippen LogP contribution in [0.15, 0.2) is 16.6 Å². The molecule has 0 fully saturated rings. The van der Waals surface area contributed by atoms with Gasteiger partial charge in [-0.05, 0) is 36.1 Å². The van der Waals surface area contributed by atoms with Crippen LogP contribution in [0.4, 0.5) is 4.39 Å². The van der Waals surface area contributed by atoms with E-state index < -0.39 is 0 Å². The number of hydrogen-bond acceptors (Lipinski definition) is 1. The highest BCUT2D eigenvalue weighted by Crippen LogP contribution is 2.37. The highest BCUT2D eigenvalue weighted by atomic mass is 79.9. The van der Waals surface area contributed by atoms with E-state index in [-0.39, 0.29) is 11.9 Å². The van der Waals surface area contributed by atoms with Crippen LogP contribution in [0.25, 0.3) is 0 Å². The summed E-state index contributed by atoms with van der Waals surface area (Å²) < 4.78 is 14.4. The van der Waals surface area contributed by atoms with Crippen LogP contribution in [0.1, 0.15) is 23.6 Å². The first-order chi connectivity index (χ1) is 7.24. The molecular weight excluding hydrogens is 257 g/mol. The fourth-order valence-corrected chi connectivity index (χ4v) is 2.71. The number of halogens is 2. The molecule has 0 bridgehead atoms. The van der Waals surface area contributed by atoms with E-state index in [0.717, 1.165) is 28.4 Å². The standard InChI is InChI=1S/C12H11BrFN/c1-2-7-15-11-6-3-8-10(14)5-4-9(13)12(8)11/h1,4-5,11,15H,3,6-7H2. The molecule has 1 aliphatic rings. The Morgan fingerprint density at radius 3 is 3.13 bits per heavy atom. The van der Waals surface area contributed by atoms with E-state index >= 15 is 0 Å². The first kappa shape index (κ1) is 10.7. The molecule has 0 aliphatic heterocycles. The lowest BCUT2D eigenvalue weighted by atomic mass is 10.1. The highest BCUT2D eigenvalue weighted by molar-refractivity contribution is 9.10. The molecule has 1 nitrogen and oxygen atoms in total. The van der Waals surface area contributed by atoms with Crippen molar-refractivity contribution in [3.8, 4) is 12.3 Å². The molecule has 0 spiro atoms. The van der Waals surface area contributed by atoms with Gasteiger partial charge in [-0.1, -0.05) is 21.9 Å². The van der Waals surface area contributed by atoms with Crippen LogP contribution in [0.3, 0.4) is 0 Å². The van der Waals surface area contributed by atoms with Gasteiger partial charge < -0.3 is 0 Å². The SMILES string of the molecule is C#CCNC1CCc2c(F)ccc(Br)c21. The second-order valence-corrected chi connectivity index (χ2v) is 4.45. The van der Waals surface area contributed by atoms with Crippen molar-refractivity contribution in [2.24, 2.45) is 0 Å². The molecule has 3 heteroatoms. The normalized spacial score (nSPS) is 18.6. The van der Waals surface area contributed by atoms with Crippen molar-refractivity contribution < 1.29 is 4.39 Å². The molecule has 0 aromatic heterocycles. The van der Waals surface area contributed by atoms with Gasteiger partial charge in [-0.25, -0.2) is 4.39 Å². The Labute approximate surface area is 97.2 Å². The van der Waals surface area contributed by atoms with E-state index in [4.69, 9.17) is 6.42 Å². The number of benzene rings is 1. The Bertz CT molecular complexity index is 422. The predicted molar refractivity (Wildman–Crippen MR) is 62.0 cm³/mol. The first-order valence-corrected chi connectivity index (χ1v) is 5.67.